The van der Waals surface area contributed by atoms with Crippen molar-refractivity contribution in [3.63, 3.8) is 0 Å². The lowest BCUT2D eigenvalue weighted by molar-refractivity contribution is 0.0342. The van der Waals surface area contributed by atoms with Gasteiger partial charge >= 0.3 is 0 Å². The van der Waals surface area contributed by atoms with Crippen LogP contribution in [-0.4, -0.2) is 49.2 Å². The fourth-order valence-corrected chi connectivity index (χ4v) is 2.96. The second-order valence-electron chi connectivity index (χ2n) is 6.73. The summed E-state index contributed by atoms with van der Waals surface area (Å²) < 4.78 is 11.0. The molecule has 1 aromatic carbocycles. The van der Waals surface area contributed by atoms with E-state index in [1.807, 2.05) is 13.8 Å². The Morgan fingerprint density at radius 3 is 2.32 bits per heavy atom. The number of halogens is 1. The smallest absolute Gasteiger partial charge is 0.214 e. The van der Waals surface area contributed by atoms with Crippen molar-refractivity contribution in [2.24, 2.45) is 4.99 Å². The minimum absolute atomic E-state index is 0. The van der Waals surface area contributed by atoms with Gasteiger partial charge in [0.25, 0.3) is 0 Å². The molecule has 0 aliphatic carbocycles. The summed E-state index contributed by atoms with van der Waals surface area (Å²) >= 11 is 0. The largest absolute Gasteiger partial charge is 0.444 e. The average molecular weight is 499 g/mol. The number of morpholine rings is 1. The van der Waals surface area contributed by atoms with Gasteiger partial charge in [-0.05, 0) is 25.0 Å². The third-order valence-corrected chi connectivity index (χ3v) is 4.70. The average Bonchev–Trinajstić information content (AvgIpc) is 3.01. The second-order valence-corrected chi connectivity index (χ2v) is 6.73. The zero-order valence-electron chi connectivity index (χ0n) is 16.8. The van der Waals surface area contributed by atoms with Crippen molar-refractivity contribution in [2.75, 3.05) is 33.4 Å². The van der Waals surface area contributed by atoms with Crippen molar-refractivity contribution in [3.05, 3.63) is 52.7 Å². The van der Waals surface area contributed by atoms with Crippen LogP contribution in [0.3, 0.4) is 0 Å². The number of benzene rings is 1. The summed E-state index contributed by atoms with van der Waals surface area (Å²) in [5.74, 6) is 2.24. The zero-order chi connectivity index (χ0) is 19.1. The Hall–Kier alpha value is -1.65. The molecule has 1 fully saturated rings. The number of nitrogens with one attached hydrogen (secondary N) is 2. The molecule has 0 saturated carbocycles. The fourth-order valence-electron chi connectivity index (χ4n) is 2.96. The summed E-state index contributed by atoms with van der Waals surface area (Å²) in [5, 5.41) is 6.55. The van der Waals surface area contributed by atoms with Gasteiger partial charge in [-0.2, -0.15) is 0 Å². The number of aromatic nitrogens is 1. The summed E-state index contributed by atoms with van der Waals surface area (Å²) in [6.45, 7) is 9.74. The van der Waals surface area contributed by atoms with Gasteiger partial charge in [0.15, 0.2) is 5.96 Å². The van der Waals surface area contributed by atoms with Crippen LogP contribution in [0.5, 0.6) is 0 Å². The Morgan fingerprint density at radius 1 is 1.07 bits per heavy atom. The molecule has 2 heterocycles. The highest BCUT2D eigenvalue weighted by molar-refractivity contribution is 14.0. The van der Waals surface area contributed by atoms with Crippen molar-refractivity contribution in [3.8, 4) is 0 Å². The third kappa shape index (κ3) is 6.75. The lowest BCUT2D eigenvalue weighted by Crippen LogP contribution is -2.36. The molecule has 2 N–H and O–H groups in total. The highest BCUT2D eigenvalue weighted by atomic mass is 127. The molecule has 0 atom stereocenters. The first-order valence-corrected chi connectivity index (χ1v) is 9.39. The Kier molecular flexibility index (Phi) is 9.20. The molecule has 2 aromatic rings. The van der Waals surface area contributed by atoms with Crippen LogP contribution in [0.15, 0.2) is 33.7 Å². The van der Waals surface area contributed by atoms with Crippen molar-refractivity contribution in [1.29, 1.82) is 0 Å². The molecule has 0 radical (unpaired) electrons. The van der Waals surface area contributed by atoms with E-state index in [4.69, 9.17) is 9.15 Å². The molecule has 154 valence electrons. The lowest BCUT2D eigenvalue weighted by atomic mass is 10.1. The van der Waals surface area contributed by atoms with Gasteiger partial charge in [0, 0.05) is 33.2 Å². The summed E-state index contributed by atoms with van der Waals surface area (Å²) in [7, 11) is 1.76. The first-order valence-electron chi connectivity index (χ1n) is 9.39. The van der Waals surface area contributed by atoms with E-state index in [2.05, 4.69) is 49.8 Å². The van der Waals surface area contributed by atoms with Crippen molar-refractivity contribution < 1.29 is 9.15 Å². The number of guanidine groups is 1. The summed E-state index contributed by atoms with van der Waals surface area (Å²) in [5.41, 5.74) is 3.47. The van der Waals surface area contributed by atoms with E-state index in [0.717, 1.165) is 50.3 Å². The van der Waals surface area contributed by atoms with E-state index in [-0.39, 0.29) is 24.0 Å². The number of ether oxygens (including phenoxy) is 1. The molecule has 1 aromatic heterocycles. The van der Waals surface area contributed by atoms with Crippen LogP contribution < -0.4 is 10.6 Å². The van der Waals surface area contributed by atoms with E-state index >= 15 is 0 Å². The fraction of sp³-hybridized carbons (Fsp3) is 0.500. The Labute approximate surface area is 184 Å². The number of rotatable bonds is 6. The zero-order valence-corrected chi connectivity index (χ0v) is 19.2. The predicted molar refractivity (Wildman–Crippen MR) is 121 cm³/mol. The normalized spacial score (nSPS) is 15.2. The van der Waals surface area contributed by atoms with Crippen LogP contribution in [-0.2, 0) is 24.4 Å². The molecule has 0 amide bonds. The topological polar surface area (TPSA) is 74.9 Å². The molecule has 1 saturated heterocycles. The van der Waals surface area contributed by atoms with Crippen LogP contribution in [0.25, 0.3) is 0 Å². The minimum atomic E-state index is 0. The molecule has 28 heavy (non-hydrogen) atoms. The molecule has 1 aliphatic rings. The van der Waals surface area contributed by atoms with Crippen LogP contribution in [0.2, 0.25) is 0 Å². The van der Waals surface area contributed by atoms with E-state index in [9.17, 15) is 0 Å². The summed E-state index contributed by atoms with van der Waals surface area (Å²) in [4.78, 5) is 11.0. The SMILES string of the molecule is CN=C(NCc1ccc(CN2CCOCC2)cc1)NCc1nc(C)c(C)o1.I. The number of hydrogen-bond acceptors (Lipinski definition) is 5. The molecule has 0 bridgehead atoms. The highest BCUT2D eigenvalue weighted by Crippen LogP contribution is 2.10. The molecule has 0 unspecified atom stereocenters. The Bertz CT molecular complexity index is 735. The first kappa shape index (κ1) is 22.6. The van der Waals surface area contributed by atoms with Gasteiger partial charge < -0.3 is 19.8 Å². The number of oxazole rings is 1. The highest BCUT2D eigenvalue weighted by Gasteiger charge is 2.10. The monoisotopic (exact) mass is 499 g/mol. The van der Waals surface area contributed by atoms with E-state index in [1.165, 1.54) is 11.1 Å². The minimum Gasteiger partial charge on any atom is -0.444 e. The van der Waals surface area contributed by atoms with E-state index < -0.39 is 0 Å². The number of aryl methyl sites for hydroxylation is 2. The number of hydrogen-bond donors (Lipinski definition) is 2. The molecule has 1 aliphatic heterocycles. The van der Waals surface area contributed by atoms with Gasteiger partial charge in [-0.3, -0.25) is 9.89 Å². The van der Waals surface area contributed by atoms with Gasteiger partial charge in [-0.1, -0.05) is 24.3 Å². The quantitative estimate of drug-likeness (QED) is 0.362. The van der Waals surface area contributed by atoms with E-state index in [0.29, 0.717) is 19.0 Å². The van der Waals surface area contributed by atoms with Crippen molar-refractivity contribution >= 4 is 29.9 Å². The van der Waals surface area contributed by atoms with Gasteiger partial charge in [-0.25, -0.2) is 4.98 Å². The van der Waals surface area contributed by atoms with E-state index in [1.54, 1.807) is 7.05 Å². The number of aliphatic imine (C=N–C) groups is 1. The molecule has 0 spiro atoms. The summed E-state index contributed by atoms with van der Waals surface area (Å²) in [6, 6.07) is 8.72. The maximum atomic E-state index is 5.58. The molecular weight excluding hydrogens is 469 g/mol. The standard InChI is InChI=1S/C20H29N5O2.HI/c1-15-16(2)27-19(24-15)13-23-20(21-3)22-12-17-4-6-18(7-5-17)14-25-8-10-26-11-9-25;/h4-7H,8-14H2,1-3H3,(H2,21,22,23);1H. The third-order valence-electron chi connectivity index (χ3n) is 4.70. The van der Waals surface area contributed by atoms with Crippen molar-refractivity contribution in [2.45, 2.75) is 33.5 Å². The molecule has 8 heteroatoms. The lowest BCUT2D eigenvalue weighted by Gasteiger charge is -2.26. The second kappa shape index (κ2) is 11.4. The van der Waals surface area contributed by atoms with Crippen molar-refractivity contribution in [1.82, 2.24) is 20.5 Å². The number of nitrogens with zero attached hydrogens (tertiary/aromatic N) is 3. The first-order chi connectivity index (χ1) is 13.1. The van der Waals surface area contributed by atoms with Gasteiger partial charge in [-0.15, -0.1) is 24.0 Å². The van der Waals surface area contributed by atoms with Gasteiger partial charge in [0.2, 0.25) is 5.89 Å². The Balaban J connectivity index is 0.00000280. The Morgan fingerprint density at radius 2 is 1.71 bits per heavy atom. The molecular formula is C20H30IN5O2. The van der Waals surface area contributed by atoms with Crippen LogP contribution in [0, 0.1) is 13.8 Å². The van der Waals surface area contributed by atoms with Gasteiger partial charge in [0.05, 0.1) is 25.5 Å². The summed E-state index contributed by atoms with van der Waals surface area (Å²) in [6.07, 6.45) is 0. The predicted octanol–water partition coefficient (Wildman–Crippen LogP) is 2.61. The maximum absolute atomic E-state index is 5.58. The maximum Gasteiger partial charge on any atom is 0.214 e. The van der Waals surface area contributed by atoms with Crippen LogP contribution >= 0.6 is 24.0 Å². The van der Waals surface area contributed by atoms with Crippen LogP contribution in [0.4, 0.5) is 0 Å². The molecule has 7 nitrogen and oxygen atoms in total. The van der Waals surface area contributed by atoms with Gasteiger partial charge in [0.1, 0.15) is 5.76 Å². The van der Waals surface area contributed by atoms with Crippen LogP contribution in [0.1, 0.15) is 28.5 Å². The molecule has 3 rings (SSSR count).